The van der Waals surface area contributed by atoms with Gasteiger partial charge in [-0.15, -0.1) is 0 Å². The number of furan rings is 1. The van der Waals surface area contributed by atoms with E-state index < -0.39 is 0 Å². The lowest BCUT2D eigenvalue weighted by Crippen LogP contribution is -2.17. The van der Waals surface area contributed by atoms with E-state index in [1.165, 1.54) is 12.8 Å². The Morgan fingerprint density at radius 1 is 1.38 bits per heavy atom. The van der Waals surface area contributed by atoms with E-state index in [4.69, 9.17) is 4.42 Å². The summed E-state index contributed by atoms with van der Waals surface area (Å²) >= 11 is 0. The maximum Gasteiger partial charge on any atom is 0.107 e. The summed E-state index contributed by atoms with van der Waals surface area (Å²) in [5.41, 5.74) is 0.299. The first-order chi connectivity index (χ1) is 6.05. The van der Waals surface area contributed by atoms with Crippen molar-refractivity contribution in [1.82, 2.24) is 0 Å². The number of hydrogen-bond donors (Lipinski definition) is 0. The molecule has 0 aromatic carbocycles. The van der Waals surface area contributed by atoms with Crippen molar-refractivity contribution < 1.29 is 4.42 Å². The highest BCUT2D eigenvalue weighted by Gasteiger charge is 2.27. The molecule has 1 heterocycles. The van der Waals surface area contributed by atoms with Crippen LogP contribution >= 0.6 is 0 Å². The Morgan fingerprint density at radius 2 is 2.08 bits per heavy atom. The summed E-state index contributed by atoms with van der Waals surface area (Å²) in [5, 5.41) is 0. The van der Waals surface area contributed by atoms with Crippen molar-refractivity contribution in [3.63, 3.8) is 0 Å². The Bertz CT molecular complexity index is 228. The van der Waals surface area contributed by atoms with Crippen LogP contribution < -0.4 is 0 Å². The quantitative estimate of drug-likeness (QED) is 0.679. The second kappa shape index (κ2) is 3.99. The van der Waals surface area contributed by atoms with Crippen LogP contribution in [0.25, 0.3) is 0 Å². The number of rotatable bonds is 3. The van der Waals surface area contributed by atoms with E-state index in [1.54, 1.807) is 6.26 Å². The van der Waals surface area contributed by atoms with E-state index in [0.717, 1.165) is 5.76 Å². The molecule has 0 amide bonds. The summed E-state index contributed by atoms with van der Waals surface area (Å²) in [5.74, 6) is 1.68. The Labute approximate surface area is 81.1 Å². The lowest BCUT2D eigenvalue weighted by Gasteiger charge is -2.28. The van der Waals surface area contributed by atoms with E-state index in [2.05, 4.69) is 33.8 Å². The normalized spacial score (nSPS) is 14.5. The minimum atomic E-state index is 0.299. The van der Waals surface area contributed by atoms with Gasteiger partial charge in [-0.25, -0.2) is 0 Å². The molecule has 1 atom stereocenters. The van der Waals surface area contributed by atoms with Gasteiger partial charge >= 0.3 is 0 Å². The standard InChI is InChI=1S/C12H20O/c1-5-7-10(12(2,3)4)11-8-6-9-13-11/h6,8-10H,5,7H2,1-4H3. The second-order valence-corrected chi connectivity index (χ2v) is 4.72. The van der Waals surface area contributed by atoms with Gasteiger partial charge in [0.05, 0.1) is 6.26 Å². The van der Waals surface area contributed by atoms with E-state index in [1.807, 2.05) is 6.07 Å². The fourth-order valence-corrected chi connectivity index (χ4v) is 1.78. The third-order valence-electron chi connectivity index (χ3n) is 2.51. The third-order valence-corrected chi connectivity index (χ3v) is 2.51. The fraction of sp³-hybridized carbons (Fsp3) is 0.667. The van der Waals surface area contributed by atoms with Crippen LogP contribution in [0, 0.1) is 5.41 Å². The molecule has 0 fully saturated rings. The largest absolute Gasteiger partial charge is 0.469 e. The summed E-state index contributed by atoms with van der Waals surface area (Å²) in [4.78, 5) is 0. The van der Waals surface area contributed by atoms with E-state index >= 15 is 0 Å². The van der Waals surface area contributed by atoms with Gasteiger partial charge in [0.2, 0.25) is 0 Å². The fourth-order valence-electron chi connectivity index (χ4n) is 1.78. The van der Waals surface area contributed by atoms with Crippen LogP contribution in [-0.2, 0) is 0 Å². The first-order valence-corrected chi connectivity index (χ1v) is 5.09. The minimum absolute atomic E-state index is 0.299. The molecule has 1 aromatic rings. The lowest BCUT2D eigenvalue weighted by atomic mass is 9.77. The summed E-state index contributed by atoms with van der Waals surface area (Å²) in [6.07, 6.45) is 4.18. The van der Waals surface area contributed by atoms with Crippen LogP contribution in [0.15, 0.2) is 22.8 Å². The van der Waals surface area contributed by atoms with Crippen molar-refractivity contribution in [2.45, 2.75) is 46.5 Å². The SMILES string of the molecule is CCCC(c1ccco1)C(C)(C)C. The summed E-state index contributed by atoms with van der Waals surface area (Å²) < 4.78 is 5.47. The van der Waals surface area contributed by atoms with Crippen LogP contribution in [-0.4, -0.2) is 0 Å². The Hall–Kier alpha value is -0.720. The maximum atomic E-state index is 5.47. The smallest absolute Gasteiger partial charge is 0.107 e. The summed E-state index contributed by atoms with van der Waals surface area (Å²) in [7, 11) is 0. The van der Waals surface area contributed by atoms with Gasteiger partial charge in [0.25, 0.3) is 0 Å². The van der Waals surface area contributed by atoms with Crippen LogP contribution in [0.1, 0.15) is 52.2 Å². The molecule has 1 rings (SSSR count). The molecule has 0 spiro atoms. The van der Waals surface area contributed by atoms with Crippen LogP contribution in [0.5, 0.6) is 0 Å². The average molecular weight is 180 g/mol. The molecule has 0 radical (unpaired) electrons. The molecule has 1 nitrogen and oxygen atoms in total. The molecular formula is C12H20O. The number of hydrogen-bond acceptors (Lipinski definition) is 1. The Morgan fingerprint density at radius 3 is 2.46 bits per heavy atom. The van der Waals surface area contributed by atoms with E-state index in [-0.39, 0.29) is 0 Å². The van der Waals surface area contributed by atoms with Crippen molar-refractivity contribution in [3.05, 3.63) is 24.2 Å². The second-order valence-electron chi connectivity index (χ2n) is 4.72. The van der Waals surface area contributed by atoms with Crippen LogP contribution in [0.3, 0.4) is 0 Å². The first kappa shape index (κ1) is 10.4. The molecule has 0 N–H and O–H groups in total. The van der Waals surface area contributed by atoms with Crippen molar-refractivity contribution in [2.75, 3.05) is 0 Å². The van der Waals surface area contributed by atoms with Gasteiger partial charge in [-0.2, -0.15) is 0 Å². The van der Waals surface area contributed by atoms with Gasteiger partial charge in [-0.1, -0.05) is 34.1 Å². The molecular weight excluding hydrogens is 160 g/mol. The topological polar surface area (TPSA) is 13.1 Å². The van der Waals surface area contributed by atoms with Crippen molar-refractivity contribution in [1.29, 1.82) is 0 Å². The van der Waals surface area contributed by atoms with E-state index in [0.29, 0.717) is 11.3 Å². The molecule has 0 aliphatic rings. The highest BCUT2D eigenvalue weighted by atomic mass is 16.3. The average Bonchev–Trinajstić information content (AvgIpc) is 2.49. The zero-order chi connectivity index (χ0) is 9.90. The highest BCUT2D eigenvalue weighted by Crippen LogP contribution is 2.38. The van der Waals surface area contributed by atoms with Crippen molar-refractivity contribution in [3.8, 4) is 0 Å². The van der Waals surface area contributed by atoms with Crippen molar-refractivity contribution in [2.24, 2.45) is 5.41 Å². The minimum Gasteiger partial charge on any atom is -0.469 e. The third kappa shape index (κ3) is 2.61. The van der Waals surface area contributed by atoms with Gasteiger partial charge in [0.1, 0.15) is 5.76 Å². The van der Waals surface area contributed by atoms with Crippen LogP contribution in [0.2, 0.25) is 0 Å². The molecule has 0 aliphatic heterocycles. The summed E-state index contributed by atoms with van der Waals surface area (Å²) in [6, 6.07) is 4.06. The highest BCUT2D eigenvalue weighted by molar-refractivity contribution is 5.08. The van der Waals surface area contributed by atoms with Crippen LogP contribution in [0.4, 0.5) is 0 Å². The maximum absolute atomic E-state index is 5.47. The predicted molar refractivity (Wildman–Crippen MR) is 55.8 cm³/mol. The van der Waals surface area contributed by atoms with E-state index in [9.17, 15) is 0 Å². The molecule has 1 heteroatoms. The van der Waals surface area contributed by atoms with Gasteiger partial charge in [0, 0.05) is 5.92 Å². The molecule has 74 valence electrons. The van der Waals surface area contributed by atoms with Gasteiger partial charge in [-0.3, -0.25) is 0 Å². The van der Waals surface area contributed by atoms with Gasteiger partial charge in [-0.05, 0) is 24.0 Å². The van der Waals surface area contributed by atoms with Crippen molar-refractivity contribution >= 4 is 0 Å². The molecule has 0 saturated carbocycles. The monoisotopic (exact) mass is 180 g/mol. The summed E-state index contributed by atoms with van der Waals surface area (Å²) in [6.45, 7) is 9.04. The molecule has 1 unspecified atom stereocenters. The first-order valence-electron chi connectivity index (χ1n) is 5.09. The lowest BCUT2D eigenvalue weighted by molar-refractivity contribution is 0.264. The molecule has 1 aromatic heterocycles. The zero-order valence-electron chi connectivity index (χ0n) is 9.13. The predicted octanol–water partition coefficient (Wildman–Crippen LogP) is 4.21. The Balaban J connectivity index is 2.81. The zero-order valence-corrected chi connectivity index (χ0v) is 9.13. The van der Waals surface area contributed by atoms with Gasteiger partial charge in [0.15, 0.2) is 0 Å². The molecule has 0 aliphatic carbocycles. The van der Waals surface area contributed by atoms with Gasteiger partial charge < -0.3 is 4.42 Å². The molecule has 0 bridgehead atoms. The Kier molecular flexibility index (Phi) is 3.18. The molecule has 0 saturated heterocycles. The molecule has 13 heavy (non-hydrogen) atoms.